The fourth-order valence-corrected chi connectivity index (χ4v) is 2.02. The van der Waals surface area contributed by atoms with Crippen LogP contribution in [-0.2, 0) is 4.79 Å². The topological polar surface area (TPSA) is 91.0 Å². The summed E-state index contributed by atoms with van der Waals surface area (Å²) in [6.07, 6.45) is 2.51. The summed E-state index contributed by atoms with van der Waals surface area (Å²) in [5.74, 6) is 0.160. The number of hydrogen-bond acceptors (Lipinski definition) is 4. The van der Waals surface area contributed by atoms with E-state index in [0.29, 0.717) is 12.5 Å². The molecule has 1 amide bonds. The van der Waals surface area contributed by atoms with Gasteiger partial charge in [-0.3, -0.25) is 4.79 Å². The molecule has 1 rings (SSSR count). The number of likely N-dealkylation sites (tertiary alicyclic amines) is 1. The van der Waals surface area contributed by atoms with Crippen molar-refractivity contribution in [1.29, 1.82) is 0 Å². The molecule has 0 aromatic carbocycles. The maximum absolute atomic E-state index is 11.4. The zero-order chi connectivity index (χ0) is 12.7. The van der Waals surface area contributed by atoms with Gasteiger partial charge in [0, 0.05) is 13.1 Å². The second kappa shape index (κ2) is 7.11. The van der Waals surface area contributed by atoms with Crippen LogP contribution in [0, 0.1) is 5.92 Å². The van der Waals surface area contributed by atoms with Crippen molar-refractivity contribution < 1.29 is 10.0 Å². The molecule has 0 saturated carbocycles. The molecule has 0 spiro atoms. The first-order valence-electron chi connectivity index (χ1n) is 6.07. The molecule has 1 aliphatic heterocycles. The van der Waals surface area contributed by atoms with E-state index >= 15 is 0 Å². The lowest BCUT2D eigenvalue weighted by atomic mass is 10.1. The third-order valence-corrected chi connectivity index (χ3v) is 2.89. The van der Waals surface area contributed by atoms with E-state index in [1.807, 2.05) is 0 Å². The van der Waals surface area contributed by atoms with Crippen LogP contribution >= 0.6 is 0 Å². The summed E-state index contributed by atoms with van der Waals surface area (Å²) < 4.78 is 0. The van der Waals surface area contributed by atoms with E-state index in [0.717, 1.165) is 6.54 Å². The molecule has 98 valence electrons. The minimum absolute atomic E-state index is 0.0487. The molecule has 1 unspecified atom stereocenters. The van der Waals surface area contributed by atoms with Gasteiger partial charge in [-0.1, -0.05) is 12.1 Å². The highest BCUT2D eigenvalue weighted by molar-refractivity contribution is 5.98. The Bertz CT molecular complexity index is 275. The molecule has 0 radical (unpaired) electrons. The van der Waals surface area contributed by atoms with E-state index in [-0.39, 0.29) is 18.2 Å². The molecular formula is C11H22N4O2. The first kappa shape index (κ1) is 13.8. The van der Waals surface area contributed by atoms with Gasteiger partial charge < -0.3 is 21.2 Å². The molecule has 4 N–H and O–H groups in total. The summed E-state index contributed by atoms with van der Waals surface area (Å²) in [6, 6.07) is 0. The zero-order valence-electron chi connectivity index (χ0n) is 10.4. The van der Waals surface area contributed by atoms with Crippen LogP contribution in [0.15, 0.2) is 5.16 Å². The van der Waals surface area contributed by atoms with E-state index in [9.17, 15) is 4.79 Å². The predicted octanol–water partition coefficient (Wildman–Crippen LogP) is -0.0290. The molecule has 1 heterocycles. The van der Waals surface area contributed by atoms with Gasteiger partial charge in [-0.05, 0) is 31.8 Å². The Kier molecular flexibility index (Phi) is 5.76. The van der Waals surface area contributed by atoms with E-state index in [4.69, 9.17) is 10.9 Å². The Balaban J connectivity index is 2.14. The van der Waals surface area contributed by atoms with Crippen molar-refractivity contribution >= 4 is 11.7 Å². The number of amidine groups is 1. The van der Waals surface area contributed by atoms with Gasteiger partial charge in [0.05, 0.1) is 6.42 Å². The highest BCUT2D eigenvalue weighted by Gasteiger charge is 2.15. The number of nitrogens with zero attached hydrogens (tertiary/aromatic N) is 2. The van der Waals surface area contributed by atoms with Gasteiger partial charge in [0.15, 0.2) is 0 Å². The Morgan fingerprint density at radius 3 is 2.76 bits per heavy atom. The van der Waals surface area contributed by atoms with E-state index in [2.05, 4.69) is 22.3 Å². The minimum atomic E-state index is -0.200. The average Bonchev–Trinajstić information content (AvgIpc) is 2.79. The van der Waals surface area contributed by atoms with Crippen molar-refractivity contribution in [1.82, 2.24) is 10.2 Å². The molecule has 6 heteroatoms. The van der Waals surface area contributed by atoms with E-state index < -0.39 is 0 Å². The second-order valence-electron chi connectivity index (χ2n) is 4.69. The lowest BCUT2D eigenvalue weighted by Gasteiger charge is -2.20. The van der Waals surface area contributed by atoms with Crippen LogP contribution in [0.1, 0.15) is 26.2 Å². The molecule has 1 saturated heterocycles. The molecule has 0 aliphatic carbocycles. The van der Waals surface area contributed by atoms with Crippen molar-refractivity contribution in [3.63, 3.8) is 0 Å². The number of amides is 1. The lowest BCUT2D eigenvalue weighted by molar-refractivity contribution is -0.120. The van der Waals surface area contributed by atoms with Gasteiger partial charge in [-0.25, -0.2) is 0 Å². The number of carbonyl (C=O) groups excluding carboxylic acids is 1. The molecule has 17 heavy (non-hydrogen) atoms. The minimum Gasteiger partial charge on any atom is -0.409 e. The summed E-state index contributed by atoms with van der Waals surface area (Å²) in [5, 5.41) is 13.9. The van der Waals surface area contributed by atoms with Crippen molar-refractivity contribution in [3.05, 3.63) is 0 Å². The quantitative estimate of drug-likeness (QED) is 0.264. The molecule has 1 aliphatic rings. The summed E-state index contributed by atoms with van der Waals surface area (Å²) >= 11 is 0. The van der Waals surface area contributed by atoms with Gasteiger partial charge in [0.1, 0.15) is 5.84 Å². The smallest absolute Gasteiger partial charge is 0.227 e. The van der Waals surface area contributed by atoms with Gasteiger partial charge in [0.2, 0.25) is 5.91 Å². The third kappa shape index (κ3) is 5.53. The Hall–Kier alpha value is -1.30. The van der Waals surface area contributed by atoms with Crippen molar-refractivity contribution in [2.45, 2.75) is 26.2 Å². The number of nitrogens with two attached hydrogens (primary N) is 1. The fraction of sp³-hybridized carbons (Fsp3) is 0.818. The first-order chi connectivity index (χ1) is 8.11. The van der Waals surface area contributed by atoms with Crippen LogP contribution in [0.4, 0.5) is 0 Å². The van der Waals surface area contributed by atoms with Gasteiger partial charge >= 0.3 is 0 Å². The maximum atomic E-state index is 11.4. The van der Waals surface area contributed by atoms with Crippen LogP contribution in [0.2, 0.25) is 0 Å². The van der Waals surface area contributed by atoms with Gasteiger partial charge in [-0.2, -0.15) is 0 Å². The number of carbonyl (C=O) groups is 1. The highest BCUT2D eigenvalue weighted by atomic mass is 16.4. The molecule has 0 aromatic heterocycles. The third-order valence-electron chi connectivity index (χ3n) is 2.89. The van der Waals surface area contributed by atoms with Crippen molar-refractivity contribution in [3.8, 4) is 0 Å². The normalized spacial score (nSPS) is 19.2. The van der Waals surface area contributed by atoms with Crippen LogP contribution in [0.25, 0.3) is 0 Å². The standard InChI is InChI=1S/C11H22N4O2/c1-9(8-15-4-2-3-5-15)7-13-11(16)6-10(12)14-17/h9,17H,2-8H2,1H3,(H2,12,14)(H,13,16). The average molecular weight is 242 g/mol. The van der Waals surface area contributed by atoms with E-state index in [1.165, 1.54) is 25.9 Å². The van der Waals surface area contributed by atoms with Crippen molar-refractivity contribution in [2.24, 2.45) is 16.8 Å². The van der Waals surface area contributed by atoms with E-state index in [1.54, 1.807) is 0 Å². The summed E-state index contributed by atoms with van der Waals surface area (Å²) in [6.45, 7) is 6.10. The van der Waals surface area contributed by atoms with Crippen molar-refractivity contribution in [2.75, 3.05) is 26.2 Å². The van der Waals surface area contributed by atoms with Crippen LogP contribution < -0.4 is 11.1 Å². The summed E-state index contributed by atoms with van der Waals surface area (Å²) in [7, 11) is 0. The number of oxime groups is 1. The summed E-state index contributed by atoms with van der Waals surface area (Å²) in [4.78, 5) is 13.8. The molecule has 1 fully saturated rings. The monoisotopic (exact) mass is 242 g/mol. The zero-order valence-corrected chi connectivity index (χ0v) is 10.4. The highest BCUT2D eigenvalue weighted by Crippen LogP contribution is 2.09. The largest absolute Gasteiger partial charge is 0.409 e. The molecular weight excluding hydrogens is 220 g/mol. The number of rotatable bonds is 6. The fourth-order valence-electron chi connectivity index (χ4n) is 2.02. The Morgan fingerprint density at radius 1 is 1.53 bits per heavy atom. The molecule has 0 bridgehead atoms. The maximum Gasteiger partial charge on any atom is 0.227 e. The molecule has 0 aromatic rings. The number of hydrogen-bond donors (Lipinski definition) is 3. The summed E-state index contributed by atoms with van der Waals surface area (Å²) in [5.41, 5.74) is 5.24. The van der Waals surface area contributed by atoms with Crippen LogP contribution in [0.3, 0.4) is 0 Å². The second-order valence-corrected chi connectivity index (χ2v) is 4.69. The molecule has 6 nitrogen and oxygen atoms in total. The lowest BCUT2D eigenvalue weighted by Crippen LogP contribution is -2.36. The first-order valence-corrected chi connectivity index (χ1v) is 6.07. The van der Waals surface area contributed by atoms with Crippen LogP contribution in [0.5, 0.6) is 0 Å². The Labute approximate surface area is 102 Å². The SMILES string of the molecule is CC(CNC(=O)CC(N)=NO)CN1CCCC1. The molecule has 1 atom stereocenters. The number of nitrogens with one attached hydrogen (secondary N) is 1. The Morgan fingerprint density at radius 2 is 2.18 bits per heavy atom. The predicted molar refractivity (Wildman–Crippen MR) is 65.9 cm³/mol. The van der Waals surface area contributed by atoms with Gasteiger partial charge in [0.25, 0.3) is 0 Å². The van der Waals surface area contributed by atoms with Crippen LogP contribution in [-0.4, -0.2) is 48.0 Å². The van der Waals surface area contributed by atoms with Gasteiger partial charge in [-0.15, -0.1) is 0 Å².